The Morgan fingerprint density at radius 2 is 2.24 bits per heavy atom. The molecule has 1 aromatic heterocycles. The van der Waals surface area contributed by atoms with Crippen LogP contribution in [0, 0.1) is 5.82 Å². The molecule has 0 amide bonds. The number of nitrogens with zero attached hydrogens (tertiary/aromatic N) is 2. The van der Waals surface area contributed by atoms with E-state index < -0.39 is 11.6 Å². The number of aromatic amines is 1. The summed E-state index contributed by atoms with van der Waals surface area (Å²) in [5.41, 5.74) is 2.27. The first-order valence-corrected chi connectivity index (χ1v) is 8.45. The van der Waals surface area contributed by atoms with Gasteiger partial charge in [-0.2, -0.15) is 0 Å². The van der Waals surface area contributed by atoms with Crippen molar-refractivity contribution >= 4 is 0 Å². The Balaban J connectivity index is 1.56. The Hall–Kier alpha value is -2.41. The van der Waals surface area contributed by atoms with Crippen molar-refractivity contribution < 1.29 is 14.2 Å². The lowest BCUT2D eigenvalue weighted by Crippen LogP contribution is -2.35. The summed E-state index contributed by atoms with van der Waals surface area (Å²) in [5, 5.41) is 9.62. The number of phenolic OH excluding ortho intramolecular Hbond substituents is 1. The van der Waals surface area contributed by atoms with Crippen LogP contribution >= 0.6 is 0 Å². The largest absolute Gasteiger partial charge is 0.502 e. The molecule has 1 aliphatic heterocycles. The van der Waals surface area contributed by atoms with Crippen LogP contribution in [0.4, 0.5) is 4.39 Å². The standard InChI is InChI=1S/C18H20FN3O3/c1-25-15-7-10(6-13(19)16(15)23)8-22-5-4-12-14(9-22)20-17(11-2-3-11)21-18(12)24/h6-7,11,23H,2-5,8-9H2,1H3,(H,20,21,24). The maximum atomic E-state index is 13.8. The van der Waals surface area contributed by atoms with E-state index in [1.807, 2.05) is 0 Å². The number of halogens is 1. The predicted molar refractivity (Wildman–Crippen MR) is 89.3 cm³/mol. The van der Waals surface area contributed by atoms with Gasteiger partial charge in [-0.25, -0.2) is 9.37 Å². The highest BCUT2D eigenvalue weighted by Gasteiger charge is 2.29. The molecule has 0 unspecified atom stereocenters. The second-order valence-electron chi connectivity index (χ2n) is 6.74. The van der Waals surface area contributed by atoms with E-state index in [9.17, 15) is 14.3 Å². The van der Waals surface area contributed by atoms with Gasteiger partial charge in [-0.3, -0.25) is 9.69 Å². The van der Waals surface area contributed by atoms with Gasteiger partial charge in [0.2, 0.25) is 0 Å². The Bertz CT molecular complexity index is 877. The first kappa shape index (κ1) is 16.1. The first-order chi connectivity index (χ1) is 12.0. The maximum Gasteiger partial charge on any atom is 0.254 e. The smallest absolute Gasteiger partial charge is 0.254 e. The van der Waals surface area contributed by atoms with Crippen molar-refractivity contribution in [2.75, 3.05) is 13.7 Å². The number of hydrogen-bond acceptors (Lipinski definition) is 5. The van der Waals surface area contributed by atoms with Crippen molar-refractivity contribution in [2.24, 2.45) is 0 Å². The number of benzene rings is 1. The van der Waals surface area contributed by atoms with Crippen LogP contribution in [0.1, 0.15) is 41.4 Å². The van der Waals surface area contributed by atoms with Crippen molar-refractivity contribution in [3.63, 3.8) is 0 Å². The number of methoxy groups -OCH3 is 1. The molecule has 0 radical (unpaired) electrons. The number of hydrogen-bond donors (Lipinski definition) is 2. The van der Waals surface area contributed by atoms with E-state index in [0.717, 1.165) is 29.9 Å². The molecule has 0 atom stereocenters. The third-order valence-corrected chi connectivity index (χ3v) is 4.85. The molecule has 25 heavy (non-hydrogen) atoms. The minimum Gasteiger partial charge on any atom is -0.502 e. The predicted octanol–water partition coefficient (Wildman–Crippen LogP) is 2.06. The van der Waals surface area contributed by atoms with Gasteiger partial charge >= 0.3 is 0 Å². The summed E-state index contributed by atoms with van der Waals surface area (Å²) in [7, 11) is 1.39. The highest BCUT2D eigenvalue weighted by atomic mass is 19.1. The molecule has 2 aromatic rings. The van der Waals surface area contributed by atoms with E-state index in [-0.39, 0.29) is 11.3 Å². The highest BCUT2D eigenvalue weighted by Crippen LogP contribution is 2.38. The zero-order valence-corrected chi connectivity index (χ0v) is 14.0. The van der Waals surface area contributed by atoms with Crippen LogP contribution in [0.15, 0.2) is 16.9 Å². The summed E-state index contributed by atoms with van der Waals surface area (Å²) >= 11 is 0. The molecule has 1 fully saturated rings. The van der Waals surface area contributed by atoms with E-state index in [4.69, 9.17) is 4.74 Å². The van der Waals surface area contributed by atoms with Crippen molar-refractivity contribution in [2.45, 2.75) is 38.3 Å². The van der Waals surface area contributed by atoms with Crippen LogP contribution in [-0.2, 0) is 19.5 Å². The Labute approximate surface area is 144 Å². The molecule has 7 heteroatoms. The van der Waals surface area contributed by atoms with Gasteiger partial charge in [0.15, 0.2) is 17.3 Å². The van der Waals surface area contributed by atoms with E-state index in [2.05, 4.69) is 14.9 Å². The highest BCUT2D eigenvalue weighted by molar-refractivity contribution is 5.43. The minimum absolute atomic E-state index is 0.0242. The number of aromatic hydroxyl groups is 1. The fraction of sp³-hybridized carbons (Fsp3) is 0.444. The van der Waals surface area contributed by atoms with Crippen molar-refractivity contribution in [1.29, 1.82) is 0 Å². The van der Waals surface area contributed by atoms with Gasteiger partial charge in [-0.05, 0) is 37.0 Å². The SMILES string of the molecule is COc1cc(CN2CCc3c(nc(C4CC4)[nH]c3=O)C2)cc(F)c1O. The minimum atomic E-state index is -0.697. The van der Waals surface area contributed by atoms with Gasteiger partial charge in [0.25, 0.3) is 5.56 Å². The van der Waals surface area contributed by atoms with Crippen molar-refractivity contribution in [3.8, 4) is 11.5 Å². The molecule has 1 saturated carbocycles. The quantitative estimate of drug-likeness (QED) is 0.887. The van der Waals surface area contributed by atoms with Crippen LogP contribution < -0.4 is 10.3 Å². The summed E-state index contributed by atoms with van der Waals surface area (Å²) < 4.78 is 18.8. The molecule has 2 N–H and O–H groups in total. The van der Waals surface area contributed by atoms with Crippen LogP contribution in [-0.4, -0.2) is 33.6 Å². The number of ether oxygens (including phenoxy) is 1. The Kier molecular flexibility index (Phi) is 3.95. The monoisotopic (exact) mass is 345 g/mol. The fourth-order valence-corrected chi connectivity index (χ4v) is 3.33. The molecule has 0 spiro atoms. The molecule has 6 nitrogen and oxygen atoms in total. The zero-order chi connectivity index (χ0) is 17.6. The molecular weight excluding hydrogens is 325 g/mol. The molecule has 1 aliphatic carbocycles. The van der Waals surface area contributed by atoms with Gasteiger partial charge in [0.1, 0.15) is 5.82 Å². The second kappa shape index (κ2) is 6.15. The van der Waals surface area contributed by atoms with Gasteiger partial charge < -0.3 is 14.8 Å². The Morgan fingerprint density at radius 1 is 1.44 bits per heavy atom. The molecular formula is C18H20FN3O3. The molecule has 132 valence electrons. The third-order valence-electron chi connectivity index (χ3n) is 4.85. The fourth-order valence-electron chi connectivity index (χ4n) is 3.33. The third kappa shape index (κ3) is 3.11. The van der Waals surface area contributed by atoms with E-state index in [1.54, 1.807) is 6.07 Å². The van der Waals surface area contributed by atoms with Gasteiger partial charge in [0.05, 0.1) is 12.8 Å². The maximum absolute atomic E-state index is 13.8. The first-order valence-electron chi connectivity index (χ1n) is 8.45. The Morgan fingerprint density at radius 3 is 2.96 bits per heavy atom. The topological polar surface area (TPSA) is 78.5 Å². The normalized spacial score (nSPS) is 17.4. The number of rotatable bonds is 4. The summed E-state index contributed by atoms with van der Waals surface area (Å²) in [5.74, 6) is 0.139. The lowest BCUT2D eigenvalue weighted by atomic mass is 10.0. The molecule has 1 aromatic carbocycles. The lowest BCUT2D eigenvalue weighted by molar-refractivity contribution is 0.239. The molecule has 0 saturated heterocycles. The lowest BCUT2D eigenvalue weighted by Gasteiger charge is -2.28. The summed E-state index contributed by atoms with van der Waals surface area (Å²) in [4.78, 5) is 21.9. The summed E-state index contributed by atoms with van der Waals surface area (Å²) in [6.07, 6.45) is 2.79. The number of phenols is 1. The van der Waals surface area contributed by atoms with E-state index >= 15 is 0 Å². The summed E-state index contributed by atoms with van der Waals surface area (Å²) in [6.45, 7) is 1.76. The number of fused-ring (bicyclic) bond motifs is 1. The van der Waals surface area contributed by atoms with E-state index in [0.29, 0.717) is 37.5 Å². The van der Waals surface area contributed by atoms with Gasteiger partial charge in [-0.1, -0.05) is 0 Å². The van der Waals surface area contributed by atoms with Crippen molar-refractivity contribution in [1.82, 2.24) is 14.9 Å². The molecule has 2 aliphatic rings. The molecule has 0 bridgehead atoms. The molecule has 4 rings (SSSR count). The molecule has 2 heterocycles. The average molecular weight is 345 g/mol. The average Bonchev–Trinajstić information content (AvgIpc) is 3.42. The number of nitrogens with one attached hydrogen (secondary N) is 1. The zero-order valence-electron chi connectivity index (χ0n) is 14.0. The second-order valence-corrected chi connectivity index (χ2v) is 6.74. The van der Waals surface area contributed by atoms with Crippen LogP contribution in [0.2, 0.25) is 0 Å². The number of aromatic nitrogens is 2. The van der Waals surface area contributed by atoms with Crippen molar-refractivity contribution in [3.05, 3.63) is 50.9 Å². The van der Waals surface area contributed by atoms with Crippen LogP contribution in [0.5, 0.6) is 11.5 Å². The van der Waals surface area contributed by atoms with Crippen LogP contribution in [0.3, 0.4) is 0 Å². The number of H-pyrrole nitrogens is 1. The summed E-state index contributed by atoms with van der Waals surface area (Å²) in [6, 6.07) is 2.95. The van der Waals surface area contributed by atoms with Crippen LogP contribution in [0.25, 0.3) is 0 Å². The van der Waals surface area contributed by atoms with Gasteiger partial charge in [0, 0.05) is 31.1 Å². The van der Waals surface area contributed by atoms with E-state index in [1.165, 1.54) is 13.2 Å². The van der Waals surface area contributed by atoms with Gasteiger partial charge in [-0.15, -0.1) is 0 Å².